The summed E-state index contributed by atoms with van der Waals surface area (Å²) in [5, 5.41) is 2.03. The molecule has 0 spiro atoms. The Labute approximate surface area is 130 Å². The number of amidine groups is 1. The van der Waals surface area contributed by atoms with Gasteiger partial charge in [0.1, 0.15) is 5.37 Å². The minimum atomic E-state index is 0.234. The van der Waals surface area contributed by atoms with Gasteiger partial charge in [0.25, 0.3) is 0 Å². The summed E-state index contributed by atoms with van der Waals surface area (Å²) in [6, 6.07) is 10.5. The second kappa shape index (κ2) is 6.14. The highest BCUT2D eigenvalue weighted by Crippen LogP contribution is 2.37. The molecule has 1 unspecified atom stereocenters. The van der Waals surface area contributed by atoms with Gasteiger partial charge in [0, 0.05) is 20.1 Å². The second-order valence-electron chi connectivity index (χ2n) is 5.22. The number of likely N-dealkylation sites (tertiary alicyclic amines) is 1. The summed E-state index contributed by atoms with van der Waals surface area (Å²) in [6.45, 7) is 2.22. The van der Waals surface area contributed by atoms with Gasteiger partial charge in [0.05, 0.1) is 0 Å². The molecule has 3 nitrogen and oxygen atoms in total. The zero-order valence-electron chi connectivity index (χ0n) is 11.7. The van der Waals surface area contributed by atoms with Crippen LogP contribution in [0.2, 0.25) is 0 Å². The summed E-state index contributed by atoms with van der Waals surface area (Å²) in [7, 11) is 2.03. The lowest BCUT2D eigenvalue weighted by molar-refractivity contribution is 0.346. The number of hydrogen-bond donors (Lipinski definition) is 0. The van der Waals surface area contributed by atoms with Crippen molar-refractivity contribution < 1.29 is 0 Å². The number of rotatable bonds is 1. The maximum absolute atomic E-state index is 5.45. The molecular formula is C15H19N3S2. The first-order valence-corrected chi connectivity index (χ1v) is 8.36. The molecule has 20 heavy (non-hydrogen) atoms. The molecule has 106 valence electrons. The molecule has 0 aromatic heterocycles. The Kier molecular flexibility index (Phi) is 4.27. The molecule has 2 aliphatic rings. The van der Waals surface area contributed by atoms with Crippen molar-refractivity contribution in [3.05, 3.63) is 35.9 Å². The number of thiocarbonyl (C=S) groups is 1. The van der Waals surface area contributed by atoms with Crippen LogP contribution in [0.4, 0.5) is 0 Å². The summed E-state index contributed by atoms with van der Waals surface area (Å²) >= 11 is 7.27. The van der Waals surface area contributed by atoms with E-state index in [1.165, 1.54) is 24.8 Å². The molecule has 2 aliphatic heterocycles. The Hall–Kier alpha value is -1.07. The molecule has 0 aliphatic carbocycles. The maximum atomic E-state index is 5.45. The largest absolute Gasteiger partial charge is 0.351 e. The smallest absolute Gasteiger partial charge is 0.198 e. The topological polar surface area (TPSA) is 18.8 Å². The van der Waals surface area contributed by atoms with E-state index in [2.05, 4.69) is 45.1 Å². The Morgan fingerprint density at radius 1 is 1.15 bits per heavy atom. The van der Waals surface area contributed by atoms with E-state index in [9.17, 15) is 0 Å². The molecule has 5 heteroatoms. The van der Waals surface area contributed by atoms with Crippen LogP contribution in [0.3, 0.4) is 0 Å². The highest BCUT2D eigenvalue weighted by atomic mass is 32.2. The maximum Gasteiger partial charge on any atom is 0.198 e. The first-order chi connectivity index (χ1) is 9.75. The third-order valence-corrected chi connectivity index (χ3v) is 5.52. The molecule has 1 fully saturated rings. The highest BCUT2D eigenvalue weighted by Gasteiger charge is 2.29. The van der Waals surface area contributed by atoms with Crippen LogP contribution in [0.25, 0.3) is 0 Å². The average Bonchev–Trinajstić information content (AvgIpc) is 2.51. The molecular weight excluding hydrogens is 286 g/mol. The molecule has 1 aromatic rings. The molecule has 3 rings (SSSR count). The minimum absolute atomic E-state index is 0.234. The number of thioether (sulfide) groups is 1. The van der Waals surface area contributed by atoms with Crippen LogP contribution in [-0.2, 0) is 0 Å². The predicted molar refractivity (Wildman–Crippen MR) is 90.0 cm³/mol. The summed E-state index contributed by atoms with van der Waals surface area (Å²) in [6.07, 6.45) is 3.86. The van der Waals surface area contributed by atoms with Gasteiger partial charge in [-0.3, -0.25) is 0 Å². The van der Waals surface area contributed by atoms with Gasteiger partial charge in [-0.25, -0.2) is 0 Å². The lowest BCUT2D eigenvalue weighted by atomic mass is 10.1. The van der Waals surface area contributed by atoms with Crippen LogP contribution in [-0.4, -0.2) is 40.2 Å². The van der Waals surface area contributed by atoms with Gasteiger partial charge in [0.2, 0.25) is 0 Å². The van der Waals surface area contributed by atoms with Gasteiger partial charge in [-0.2, -0.15) is 4.99 Å². The third kappa shape index (κ3) is 2.83. The van der Waals surface area contributed by atoms with Crippen LogP contribution in [0.1, 0.15) is 30.2 Å². The second-order valence-corrected chi connectivity index (χ2v) is 6.63. The monoisotopic (exact) mass is 305 g/mol. The Morgan fingerprint density at radius 3 is 2.55 bits per heavy atom. The van der Waals surface area contributed by atoms with E-state index in [0.717, 1.165) is 18.3 Å². The summed E-state index contributed by atoms with van der Waals surface area (Å²) < 4.78 is 0. The van der Waals surface area contributed by atoms with Gasteiger partial charge < -0.3 is 9.80 Å². The zero-order valence-corrected chi connectivity index (χ0v) is 13.3. The van der Waals surface area contributed by atoms with Gasteiger partial charge in [-0.1, -0.05) is 42.1 Å². The van der Waals surface area contributed by atoms with E-state index in [1.807, 2.05) is 18.8 Å². The Morgan fingerprint density at radius 2 is 1.85 bits per heavy atom. The van der Waals surface area contributed by atoms with E-state index < -0.39 is 0 Å². The molecule has 0 saturated carbocycles. The predicted octanol–water partition coefficient (Wildman–Crippen LogP) is 3.49. The van der Waals surface area contributed by atoms with Crippen LogP contribution in [0.5, 0.6) is 0 Å². The quantitative estimate of drug-likeness (QED) is 0.739. The molecule has 0 N–H and O–H groups in total. The number of nitrogens with zero attached hydrogens (tertiary/aromatic N) is 3. The third-order valence-electron chi connectivity index (χ3n) is 3.77. The number of hydrogen-bond acceptors (Lipinski definition) is 3. The lowest BCUT2D eigenvalue weighted by Crippen LogP contribution is -2.40. The highest BCUT2D eigenvalue weighted by molar-refractivity contribution is 8.14. The summed E-state index contributed by atoms with van der Waals surface area (Å²) in [5.74, 6) is 0. The Balaban J connectivity index is 1.83. The molecule has 1 atom stereocenters. The van der Waals surface area contributed by atoms with Gasteiger partial charge >= 0.3 is 0 Å². The fraction of sp³-hybridized carbons (Fsp3) is 0.467. The normalized spacial score (nSPS) is 23.8. The van der Waals surface area contributed by atoms with Crippen molar-refractivity contribution in [3.63, 3.8) is 0 Å². The van der Waals surface area contributed by atoms with Crippen LogP contribution in [0, 0.1) is 0 Å². The van der Waals surface area contributed by atoms with Crippen LogP contribution < -0.4 is 0 Å². The van der Waals surface area contributed by atoms with Gasteiger partial charge in [-0.05, 0) is 37.0 Å². The molecule has 0 bridgehead atoms. The van der Waals surface area contributed by atoms with Crippen molar-refractivity contribution in [1.29, 1.82) is 0 Å². The average molecular weight is 305 g/mol. The van der Waals surface area contributed by atoms with Crippen molar-refractivity contribution in [2.45, 2.75) is 24.6 Å². The van der Waals surface area contributed by atoms with Crippen LogP contribution >= 0.6 is 24.0 Å². The fourth-order valence-electron chi connectivity index (χ4n) is 2.61. The van der Waals surface area contributed by atoms with Crippen molar-refractivity contribution in [2.24, 2.45) is 4.99 Å². The SMILES string of the molecule is CN1C(=S)N=C(N2CCCCC2)SC1c1ccccc1. The van der Waals surface area contributed by atoms with E-state index in [4.69, 9.17) is 12.2 Å². The number of aliphatic imine (C=N–C) groups is 1. The van der Waals surface area contributed by atoms with E-state index in [1.54, 1.807) is 0 Å². The fourth-order valence-corrected chi connectivity index (χ4v) is 4.14. The van der Waals surface area contributed by atoms with Gasteiger partial charge in [0.15, 0.2) is 10.3 Å². The minimum Gasteiger partial charge on any atom is -0.351 e. The summed E-state index contributed by atoms with van der Waals surface area (Å²) in [4.78, 5) is 9.10. The van der Waals surface area contributed by atoms with Crippen molar-refractivity contribution in [3.8, 4) is 0 Å². The first-order valence-electron chi connectivity index (χ1n) is 7.08. The standard InChI is InChI=1S/C15H19N3S2/c1-17-13(12-8-4-2-5-9-12)20-15(16-14(17)19)18-10-6-3-7-11-18/h2,4-5,8-9,13H,3,6-7,10-11H2,1H3. The van der Waals surface area contributed by atoms with Crippen molar-refractivity contribution >= 4 is 34.3 Å². The van der Waals surface area contributed by atoms with E-state index >= 15 is 0 Å². The summed E-state index contributed by atoms with van der Waals surface area (Å²) in [5.41, 5.74) is 1.28. The molecule has 2 heterocycles. The molecule has 0 radical (unpaired) electrons. The van der Waals surface area contributed by atoms with Crippen molar-refractivity contribution in [2.75, 3.05) is 20.1 Å². The van der Waals surface area contributed by atoms with Crippen molar-refractivity contribution in [1.82, 2.24) is 9.80 Å². The van der Waals surface area contributed by atoms with Gasteiger partial charge in [-0.15, -0.1) is 0 Å². The van der Waals surface area contributed by atoms with Crippen LogP contribution in [0.15, 0.2) is 35.3 Å². The lowest BCUT2D eigenvalue weighted by Gasteiger charge is -2.37. The molecule has 1 saturated heterocycles. The first kappa shape index (κ1) is 13.9. The van der Waals surface area contributed by atoms with E-state index in [0.29, 0.717) is 5.11 Å². The molecule has 0 amide bonds. The Bertz CT molecular complexity index is 509. The number of piperidine rings is 1. The molecule has 1 aromatic carbocycles. The van der Waals surface area contributed by atoms with E-state index in [-0.39, 0.29) is 5.37 Å². The number of benzene rings is 1. The zero-order chi connectivity index (χ0) is 13.9.